The maximum Gasteiger partial charge on any atom is 0.341 e. The fourth-order valence-electron chi connectivity index (χ4n) is 2.91. The molecule has 1 heterocycles. The first kappa shape index (κ1) is 18.9. The summed E-state index contributed by atoms with van der Waals surface area (Å²) in [5.74, 6) is -0.984. The van der Waals surface area contributed by atoms with Gasteiger partial charge in [-0.3, -0.25) is 4.79 Å². The molecule has 1 aromatic carbocycles. The van der Waals surface area contributed by atoms with Crippen molar-refractivity contribution in [2.24, 2.45) is 0 Å². The highest BCUT2D eigenvalue weighted by molar-refractivity contribution is 7.17. The normalized spacial score (nSPS) is 12.2. The molecule has 2 aromatic rings. The largest absolute Gasteiger partial charge is 0.497 e. The molecular weight excluding hydrogens is 370 g/mol. The highest BCUT2D eigenvalue weighted by atomic mass is 32.1. The summed E-state index contributed by atoms with van der Waals surface area (Å²) < 4.78 is 14.9. The van der Waals surface area contributed by atoms with Crippen LogP contribution in [0.25, 0.3) is 0 Å². The Balaban J connectivity index is 1.62. The molecule has 0 spiro atoms. The van der Waals surface area contributed by atoms with Crippen LogP contribution >= 0.6 is 11.3 Å². The van der Waals surface area contributed by atoms with E-state index in [1.807, 2.05) is 0 Å². The van der Waals surface area contributed by atoms with Gasteiger partial charge in [0.1, 0.15) is 10.8 Å². The molecule has 1 aliphatic rings. The molecule has 0 radical (unpaired) electrons. The lowest BCUT2D eigenvalue weighted by atomic mass is 10.1. The molecule has 7 nitrogen and oxygen atoms in total. The minimum Gasteiger partial charge on any atom is -0.497 e. The van der Waals surface area contributed by atoms with Crippen molar-refractivity contribution in [3.63, 3.8) is 0 Å². The van der Waals surface area contributed by atoms with Gasteiger partial charge >= 0.3 is 11.9 Å². The number of rotatable bonds is 6. The fourth-order valence-corrected chi connectivity index (χ4v) is 4.21. The van der Waals surface area contributed by atoms with E-state index < -0.39 is 24.5 Å². The first-order chi connectivity index (χ1) is 13.0. The van der Waals surface area contributed by atoms with Gasteiger partial charge < -0.3 is 19.5 Å². The van der Waals surface area contributed by atoms with Crippen LogP contribution in [-0.4, -0.2) is 38.7 Å². The second kappa shape index (κ2) is 8.22. The van der Waals surface area contributed by atoms with Gasteiger partial charge in [-0.2, -0.15) is 0 Å². The molecule has 0 fully saturated rings. The van der Waals surface area contributed by atoms with Gasteiger partial charge in [-0.25, -0.2) is 9.59 Å². The average Bonchev–Trinajstić information content (AvgIpc) is 3.26. The van der Waals surface area contributed by atoms with E-state index in [2.05, 4.69) is 5.32 Å². The fraction of sp³-hybridized carbons (Fsp3) is 0.316. The van der Waals surface area contributed by atoms with Gasteiger partial charge in [-0.15, -0.1) is 11.3 Å². The summed E-state index contributed by atoms with van der Waals surface area (Å²) >= 11 is 1.37. The third-order valence-corrected chi connectivity index (χ3v) is 5.43. The Morgan fingerprint density at radius 3 is 2.48 bits per heavy atom. The Bertz CT molecular complexity index is 871. The van der Waals surface area contributed by atoms with Crippen molar-refractivity contribution in [3.8, 4) is 5.75 Å². The Kier molecular flexibility index (Phi) is 5.75. The van der Waals surface area contributed by atoms with Crippen LogP contribution in [0, 0.1) is 0 Å². The number of esters is 2. The van der Waals surface area contributed by atoms with Crippen molar-refractivity contribution in [2.75, 3.05) is 26.1 Å². The van der Waals surface area contributed by atoms with E-state index in [0.717, 1.165) is 29.7 Å². The predicted octanol–water partition coefficient (Wildman–Crippen LogP) is 2.83. The van der Waals surface area contributed by atoms with Gasteiger partial charge in [-0.05, 0) is 49.1 Å². The maximum absolute atomic E-state index is 12.2. The molecule has 0 saturated heterocycles. The minimum absolute atomic E-state index is 0.314. The lowest BCUT2D eigenvalue weighted by Crippen LogP contribution is -2.21. The van der Waals surface area contributed by atoms with E-state index in [1.165, 1.54) is 25.6 Å². The second-order valence-corrected chi connectivity index (χ2v) is 7.01. The highest BCUT2D eigenvalue weighted by Crippen LogP contribution is 2.39. The molecule has 0 saturated carbocycles. The molecule has 1 N–H and O–H groups in total. The number of nitrogens with one attached hydrogen (secondary N) is 1. The van der Waals surface area contributed by atoms with E-state index >= 15 is 0 Å². The Morgan fingerprint density at radius 1 is 1.07 bits per heavy atom. The van der Waals surface area contributed by atoms with Crippen molar-refractivity contribution in [1.82, 2.24) is 0 Å². The summed E-state index contributed by atoms with van der Waals surface area (Å²) in [6, 6.07) is 6.37. The molecule has 142 valence electrons. The van der Waals surface area contributed by atoms with Gasteiger partial charge in [-0.1, -0.05) is 0 Å². The van der Waals surface area contributed by atoms with E-state index in [0.29, 0.717) is 21.9 Å². The van der Waals surface area contributed by atoms with Gasteiger partial charge in [0, 0.05) is 4.88 Å². The van der Waals surface area contributed by atoms with Gasteiger partial charge in [0.25, 0.3) is 5.91 Å². The topological polar surface area (TPSA) is 90.9 Å². The number of aryl methyl sites for hydroxylation is 1. The number of hydrogen-bond acceptors (Lipinski definition) is 7. The molecule has 1 aromatic heterocycles. The number of carbonyl (C=O) groups is 3. The maximum atomic E-state index is 12.2. The van der Waals surface area contributed by atoms with Gasteiger partial charge in [0.2, 0.25) is 0 Å². The first-order valence-electron chi connectivity index (χ1n) is 8.37. The predicted molar refractivity (Wildman–Crippen MR) is 99.6 cm³/mol. The number of thiophene rings is 1. The average molecular weight is 389 g/mol. The lowest BCUT2D eigenvalue weighted by molar-refractivity contribution is -0.119. The molecule has 0 unspecified atom stereocenters. The molecule has 27 heavy (non-hydrogen) atoms. The quantitative estimate of drug-likeness (QED) is 0.764. The van der Waals surface area contributed by atoms with Crippen molar-refractivity contribution in [2.45, 2.75) is 19.3 Å². The number of methoxy groups -OCH3 is 2. The monoisotopic (exact) mass is 389 g/mol. The van der Waals surface area contributed by atoms with Gasteiger partial charge in [0.05, 0.1) is 25.3 Å². The van der Waals surface area contributed by atoms with Crippen LogP contribution in [-0.2, 0) is 27.1 Å². The third kappa shape index (κ3) is 4.11. The summed E-state index contributed by atoms with van der Waals surface area (Å²) in [5.41, 5.74) is 1.66. The smallest absolute Gasteiger partial charge is 0.341 e. The number of amides is 1. The summed E-state index contributed by atoms with van der Waals surface area (Å²) in [4.78, 5) is 37.4. The second-order valence-electron chi connectivity index (χ2n) is 5.91. The van der Waals surface area contributed by atoms with Crippen molar-refractivity contribution in [1.29, 1.82) is 0 Å². The summed E-state index contributed by atoms with van der Waals surface area (Å²) in [6.45, 7) is -0.450. The number of ether oxygens (including phenoxy) is 3. The zero-order valence-electron chi connectivity index (χ0n) is 15.0. The summed E-state index contributed by atoms with van der Waals surface area (Å²) in [6.07, 6.45) is 2.66. The van der Waals surface area contributed by atoms with Gasteiger partial charge in [0.15, 0.2) is 6.61 Å². The number of benzene rings is 1. The van der Waals surface area contributed by atoms with Crippen LogP contribution in [0.1, 0.15) is 37.6 Å². The Hall–Kier alpha value is -2.87. The summed E-state index contributed by atoms with van der Waals surface area (Å²) in [5, 5.41) is 3.10. The van der Waals surface area contributed by atoms with Crippen LogP contribution in [0.15, 0.2) is 24.3 Å². The molecule has 0 bridgehead atoms. The molecular formula is C19H19NO6S. The standard InChI is InChI=1S/C19H19NO6S/c1-24-12-8-6-11(7-9-12)18(22)26-10-15(21)20-17-16(19(23)25-2)13-4-3-5-14(13)27-17/h6-9H,3-5,10H2,1-2H3,(H,20,21). The Labute approximate surface area is 160 Å². The van der Waals surface area contributed by atoms with Crippen LogP contribution < -0.4 is 10.1 Å². The van der Waals surface area contributed by atoms with E-state index in [9.17, 15) is 14.4 Å². The third-order valence-electron chi connectivity index (χ3n) is 4.22. The zero-order chi connectivity index (χ0) is 19.4. The number of fused-ring (bicyclic) bond motifs is 1. The molecule has 0 atom stereocenters. The number of hydrogen-bond donors (Lipinski definition) is 1. The zero-order valence-corrected chi connectivity index (χ0v) is 15.8. The molecule has 1 aliphatic carbocycles. The van der Waals surface area contributed by atoms with Crippen LogP contribution in [0.2, 0.25) is 0 Å². The molecule has 3 rings (SSSR count). The van der Waals surface area contributed by atoms with Crippen molar-refractivity contribution in [3.05, 3.63) is 45.8 Å². The van der Waals surface area contributed by atoms with Crippen LogP contribution in [0.5, 0.6) is 5.75 Å². The molecule has 1 amide bonds. The SMILES string of the molecule is COC(=O)c1c(NC(=O)COC(=O)c2ccc(OC)cc2)sc2c1CCC2. The van der Waals surface area contributed by atoms with Crippen molar-refractivity contribution >= 4 is 34.2 Å². The van der Waals surface area contributed by atoms with Crippen LogP contribution in [0.3, 0.4) is 0 Å². The first-order valence-corrected chi connectivity index (χ1v) is 9.19. The highest BCUT2D eigenvalue weighted by Gasteiger charge is 2.28. The van der Waals surface area contributed by atoms with Crippen LogP contribution in [0.4, 0.5) is 5.00 Å². The van der Waals surface area contributed by atoms with E-state index in [4.69, 9.17) is 14.2 Å². The lowest BCUT2D eigenvalue weighted by Gasteiger charge is -2.08. The summed E-state index contributed by atoms with van der Waals surface area (Å²) in [7, 11) is 2.84. The molecule has 0 aliphatic heterocycles. The number of anilines is 1. The van der Waals surface area contributed by atoms with E-state index in [1.54, 1.807) is 24.3 Å². The molecule has 8 heteroatoms. The minimum atomic E-state index is -0.616. The Morgan fingerprint density at radius 2 is 1.81 bits per heavy atom. The van der Waals surface area contributed by atoms with E-state index in [-0.39, 0.29) is 0 Å². The number of carbonyl (C=O) groups excluding carboxylic acids is 3. The van der Waals surface area contributed by atoms with Crippen molar-refractivity contribution < 1.29 is 28.6 Å².